The van der Waals surface area contributed by atoms with Gasteiger partial charge in [-0.25, -0.2) is 9.78 Å². The molecule has 0 saturated heterocycles. The summed E-state index contributed by atoms with van der Waals surface area (Å²) in [5, 5.41) is 20.4. The van der Waals surface area contributed by atoms with Crippen LogP contribution < -0.4 is 0 Å². The number of hydrogen-bond donors (Lipinski definition) is 2. The van der Waals surface area contributed by atoms with Crippen molar-refractivity contribution in [2.24, 2.45) is 0 Å². The summed E-state index contributed by atoms with van der Waals surface area (Å²) in [6, 6.07) is 6.73. The summed E-state index contributed by atoms with van der Waals surface area (Å²) >= 11 is 1.49. The van der Waals surface area contributed by atoms with Crippen LogP contribution in [-0.2, 0) is 13.0 Å². The lowest BCUT2D eigenvalue weighted by Crippen LogP contribution is -1.96. The van der Waals surface area contributed by atoms with Gasteiger partial charge in [-0.15, -0.1) is 11.3 Å². The van der Waals surface area contributed by atoms with Crippen LogP contribution in [0.3, 0.4) is 0 Å². The summed E-state index contributed by atoms with van der Waals surface area (Å²) in [5.41, 5.74) is 1.96. The number of aromatic nitrogens is 1. The molecule has 1 aromatic carbocycles. The largest absolute Gasteiger partial charge is 0.478 e. The summed E-state index contributed by atoms with van der Waals surface area (Å²) in [4.78, 5) is 14.9. The van der Waals surface area contributed by atoms with Crippen molar-refractivity contribution in [3.8, 4) is 0 Å². The summed E-state index contributed by atoms with van der Waals surface area (Å²) in [7, 11) is 0. The second-order valence-electron chi connectivity index (χ2n) is 3.57. The third-order valence-electron chi connectivity index (χ3n) is 2.32. The predicted octanol–water partition coefficient (Wildman–Crippen LogP) is 1.92. The van der Waals surface area contributed by atoms with Gasteiger partial charge < -0.3 is 10.2 Å². The summed E-state index contributed by atoms with van der Waals surface area (Å²) < 4.78 is 0. The molecule has 0 saturated carbocycles. The molecule has 0 unspecified atom stereocenters. The zero-order valence-corrected chi connectivity index (χ0v) is 9.78. The van der Waals surface area contributed by atoms with Crippen LogP contribution in [0.25, 0.3) is 0 Å². The minimum atomic E-state index is -0.923. The molecule has 0 bridgehead atoms. The van der Waals surface area contributed by atoms with Gasteiger partial charge in [0.2, 0.25) is 0 Å². The lowest BCUT2D eigenvalue weighted by molar-refractivity contribution is 0.0697. The summed E-state index contributed by atoms with van der Waals surface area (Å²) in [6.07, 6.45) is 0.657. The molecule has 0 amide bonds. The standard InChI is InChI=1S/C12H11NO3S/c14-6-10-7-17-11(13-10)5-8-1-3-9(4-2-8)12(15)16/h1-4,7,14H,5-6H2,(H,15,16). The van der Waals surface area contributed by atoms with Crippen LogP contribution in [0.4, 0.5) is 0 Å². The van der Waals surface area contributed by atoms with Gasteiger partial charge in [0.05, 0.1) is 22.9 Å². The Hall–Kier alpha value is -1.72. The van der Waals surface area contributed by atoms with Gasteiger partial charge in [0.1, 0.15) is 0 Å². The molecule has 2 rings (SSSR count). The first kappa shape index (κ1) is 11.8. The topological polar surface area (TPSA) is 70.4 Å². The van der Waals surface area contributed by atoms with Gasteiger partial charge in [-0.2, -0.15) is 0 Å². The number of aliphatic hydroxyl groups excluding tert-OH is 1. The van der Waals surface area contributed by atoms with Gasteiger partial charge >= 0.3 is 5.97 Å². The Bertz CT molecular complexity index is 519. The predicted molar refractivity (Wildman–Crippen MR) is 64.2 cm³/mol. The van der Waals surface area contributed by atoms with Crippen molar-refractivity contribution in [2.75, 3.05) is 0 Å². The van der Waals surface area contributed by atoms with Crippen LogP contribution >= 0.6 is 11.3 Å². The average molecular weight is 249 g/mol. The molecule has 4 nitrogen and oxygen atoms in total. The van der Waals surface area contributed by atoms with E-state index in [1.807, 2.05) is 5.38 Å². The van der Waals surface area contributed by atoms with Gasteiger partial charge in [-0.3, -0.25) is 0 Å². The molecule has 0 radical (unpaired) electrons. The first-order valence-corrected chi connectivity index (χ1v) is 5.93. The first-order chi connectivity index (χ1) is 8.19. The second kappa shape index (κ2) is 5.07. The van der Waals surface area contributed by atoms with Gasteiger partial charge in [0.25, 0.3) is 0 Å². The van der Waals surface area contributed by atoms with E-state index in [4.69, 9.17) is 10.2 Å². The highest BCUT2D eigenvalue weighted by Gasteiger charge is 2.05. The highest BCUT2D eigenvalue weighted by Crippen LogP contribution is 2.15. The number of rotatable bonds is 4. The highest BCUT2D eigenvalue weighted by atomic mass is 32.1. The van der Waals surface area contributed by atoms with Gasteiger partial charge in [-0.05, 0) is 17.7 Å². The van der Waals surface area contributed by atoms with E-state index >= 15 is 0 Å². The fourth-order valence-electron chi connectivity index (χ4n) is 1.44. The maximum absolute atomic E-state index is 10.7. The number of nitrogens with zero attached hydrogens (tertiary/aromatic N) is 1. The van der Waals surface area contributed by atoms with Crippen LogP contribution in [0.15, 0.2) is 29.6 Å². The van der Waals surface area contributed by atoms with Crippen molar-refractivity contribution >= 4 is 17.3 Å². The fraction of sp³-hybridized carbons (Fsp3) is 0.167. The number of carbonyl (C=O) groups is 1. The molecular weight excluding hydrogens is 238 g/mol. The fourth-order valence-corrected chi connectivity index (χ4v) is 2.26. The van der Waals surface area contributed by atoms with E-state index in [1.54, 1.807) is 24.3 Å². The van der Waals surface area contributed by atoms with E-state index in [1.165, 1.54) is 11.3 Å². The number of benzene rings is 1. The maximum Gasteiger partial charge on any atom is 0.335 e. The minimum Gasteiger partial charge on any atom is -0.478 e. The molecule has 2 aromatic rings. The Balaban J connectivity index is 2.10. The van der Waals surface area contributed by atoms with E-state index in [9.17, 15) is 4.79 Å². The van der Waals surface area contributed by atoms with Gasteiger partial charge in [0, 0.05) is 11.8 Å². The zero-order chi connectivity index (χ0) is 12.3. The van der Waals surface area contributed by atoms with E-state index in [0.717, 1.165) is 10.6 Å². The van der Waals surface area contributed by atoms with Crippen LogP contribution in [-0.4, -0.2) is 21.2 Å². The Kier molecular flexibility index (Phi) is 3.51. The lowest BCUT2D eigenvalue weighted by Gasteiger charge is -1.99. The van der Waals surface area contributed by atoms with Crippen LogP contribution in [0, 0.1) is 0 Å². The summed E-state index contributed by atoms with van der Waals surface area (Å²) in [6.45, 7) is -0.0472. The molecule has 0 fully saturated rings. The molecule has 1 heterocycles. The van der Waals surface area contributed by atoms with Crippen molar-refractivity contribution < 1.29 is 15.0 Å². The average Bonchev–Trinajstić information content (AvgIpc) is 2.77. The molecule has 88 valence electrons. The lowest BCUT2D eigenvalue weighted by atomic mass is 10.1. The normalized spacial score (nSPS) is 10.4. The van der Waals surface area contributed by atoms with Crippen LogP contribution in [0.1, 0.15) is 26.6 Å². The molecule has 0 aliphatic carbocycles. The number of aliphatic hydroxyl groups is 1. The molecule has 0 aliphatic rings. The Labute approximate surface area is 102 Å². The quantitative estimate of drug-likeness (QED) is 0.868. The summed E-state index contributed by atoms with van der Waals surface area (Å²) in [5.74, 6) is -0.923. The van der Waals surface area contributed by atoms with Crippen LogP contribution in [0.2, 0.25) is 0 Å². The molecule has 0 spiro atoms. The molecule has 5 heteroatoms. The Morgan fingerprint density at radius 1 is 1.29 bits per heavy atom. The number of thiazole rings is 1. The van der Waals surface area contributed by atoms with E-state index < -0.39 is 5.97 Å². The number of carboxylic acid groups (broad SMARTS) is 1. The second-order valence-corrected chi connectivity index (χ2v) is 4.51. The number of aromatic carboxylic acids is 1. The van der Waals surface area contributed by atoms with E-state index in [-0.39, 0.29) is 12.2 Å². The maximum atomic E-state index is 10.7. The van der Waals surface area contributed by atoms with Crippen molar-refractivity contribution in [3.63, 3.8) is 0 Å². The zero-order valence-electron chi connectivity index (χ0n) is 8.96. The number of carboxylic acids is 1. The van der Waals surface area contributed by atoms with Gasteiger partial charge in [0.15, 0.2) is 0 Å². The molecule has 0 aliphatic heterocycles. The van der Waals surface area contributed by atoms with Crippen molar-refractivity contribution in [3.05, 3.63) is 51.5 Å². The third-order valence-corrected chi connectivity index (χ3v) is 3.22. The van der Waals surface area contributed by atoms with Crippen molar-refractivity contribution in [2.45, 2.75) is 13.0 Å². The van der Waals surface area contributed by atoms with Crippen LogP contribution in [0.5, 0.6) is 0 Å². The molecule has 0 atom stereocenters. The van der Waals surface area contributed by atoms with Gasteiger partial charge in [-0.1, -0.05) is 12.1 Å². The first-order valence-electron chi connectivity index (χ1n) is 5.05. The highest BCUT2D eigenvalue weighted by molar-refractivity contribution is 7.09. The Morgan fingerprint density at radius 2 is 2.00 bits per heavy atom. The molecule has 17 heavy (non-hydrogen) atoms. The smallest absolute Gasteiger partial charge is 0.335 e. The van der Waals surface area contributed by atoms with E-state index in [0.29, 0.717) is 12.1 Å². The van der Waals surface area contributed by atoms with Crippen molar-refractivity contribution in [1.82, 2.24) is 4.98 Å². The van der Waals surface area contributed by atoms with Crippen molar-refractivity contribution in [1.29, 1.82) is 0 Å². The van der Waals surface area contributed by atoms with E-state index in [2.05, 4.69) is 4.98 Å². The SMILES string of the molecule is O=C(O)c1ccc(Cc2nc(CO)cs2)cc1. The third kappa shape index (κ3) is 2.89. The molecule has 2 N–H and O–H groups in total. The monoisotopic (exact) mass is 249 g/mol. The minimum absolute atomic E-state index is 0.0472. The number of hydrogen-bond acceptors (Lipinski definition) is 4. The molecule has 1 aromatic heterocycles. The molecular formula is C12H11NO3S. The Morgan fingerprint density at radius 3 is 2.53 bits per heavy atom.